The molecule has 4 heteroatoms. The minimum atomic E-state index is -0.0170. The van der Waals surface area contributed by atoms with Crippen LogP contribution in [0, 0.1) is 0 Å². The quantitative estimate of drug-likeness (QED) is 0.503. The molecule has 0 atom stereocenters. The molecule has 0 saturated carbocycles. The number of likely N-dealkylation sites (N-methyl/N-ethyl adjacent to an activating group) is 1. The van der Waals surface area contributed by atoms with Gasteiger partial charge < -0.3 is 14.4 Å². The summed E-state index contributed by atoms with van der Waals surface area (Å²) in [6.07, 6.45) is 0.814. The molecule has 0 aliphatic carbocycles. The van der Waals surface area contributed by atoms with E-state index < -0.39 is 0 Å². The summed E-state index contributed by atoms with van der Waals surface area (Å²) in [5, 5.41) is 0. The standard InChI is InChI=1S/C25H27NO3/c1-2-26(19-22-9-5-3-6-10-22)25(27)20-29-24-15-13-21(14-16-24)17-18-28-23-11-7-4-8-12-23/h3-16H,2,17-20H2,1H3. The Morgan fingerprint density at radius 1 is 0.759 bits per heavy atom. The summed E-state index contributed by atoms with van der Waals surface area (Å²) in [4.78, 5) is 14.3. The Morgan fingerprint density at radius 3 is 2.03 bits per heavy atom. The maximum atomic E-state index is 12.5. The van der Waals surface area contributed by atoms with Crippen LogP contribution < -0.4 is 9.47 Å². The third-order valence-electron chi connectivity index (χ3n) is 4.64. The third kappa shape index (κ3) is 6.68. The van der Waals surface area contributed by atoms with E-state index in [0.29, 0.717) is 25.4 Å². The van der Waals surface area contributed by atoms with Gasteiger partial charge in [0.1, 0.15) is 11.5 Å². The molecule has 3 rings (SSSR count). The molecule has 3 aromatic carbocycles. The molecule has 0 spiro atoms. The maximum absolute atomic E-state index is 12.5. The van der Waals surface area contributed by atoms with Crippen molar-refractivity contribution in [3.63, 3.8) is 0 Å². The number of benzene rings is 3. The lowest BCUT2D eigenvalue weighted by atomic mass is 10.1. The fourth-order valence-corrected chi connectivity index (χ4v) is 2.97. The van der Waals surface area contributed by atoms with Gasteiger partial charge in [0, 0.05) is 19.5 Å². The van der Waals surface area contributed by atoms with E-state index in [1.54, 1.807) is 4.90 Å². The van der Waals surface area contributed by atoms with Gasteiger partial charge in [-0.3, -0.25) is 4.79 Å². The van der Waals surface area contributed by atoms with Gasteiger partial charge >= 0.3 is 0 Å². The van der Waals surface area contributed by atoms with Gasteiger partial charge in [0.2, 0.25) is 0 Å². The van der Waals surface area contributed by atoms with Crippen molar-refractivity contribution in [3.8, 4) is 11.5 Å². The summed E-state index contributed by atoms with van der Waals surface area (Å²) in [5.74, 6) is 1.56. The first-order valence-electron chi connectivity index (χ1n) is 9.96. The zero-order valence-electron chi connectivity index (χ0n) is 16.8. The van der Waals surface area contributed by atoms with Gasteiger partial charge in [-0.15, -0.1) is 0 Å². The Hall–Kier alpha value is -3.27. The second kappa shape index (κ2) is 10.9. The van der Waals surface area contributed by atoms with E-state index in [4.69, 9.17) is 9.47 Å². The summed E-state index contributed by atoms with van der Waals surface area (Å²) < 4.78 is 11.4. The Morgan fingerprint density at radius 2 is 1.38 bits per heavy atom. The summed E-state index contributed by atoms with van der Waals surface area (Å²) in [7, 11) is 0. The first-order valence-corrected chi connectivity index (χ1v) is 9.96. The van der Waals surface area contributed by atoms with E-state index in [1.165, 1.54) is 5.56 Å². The van der Waals surface area contributed by atoms with Crippen LogP contribution in [0.15, 0.2) is 84.9 Å². The molecule has 0 saturated heterocycles. The number of nitrogens with zero attached hydrogens (tertiary/aromatic N) is 1. The van der Waals surface area contributed by atoms with Crippen LogP contribution in [0.4, 0.5) is 0 Å². The van der Waals surface area contributed by atoms with Crippen molar-refractivity contribution in [3.05, 3.63) is 96.1 Å². The fraction of sp³-hybridized carbons (Fsp3) is 0.240. The molecule has 0 aliphatic rings. The maximum Gasteiger partial charge on any atom is 0.260 e. The number of carbonyl (C=O) groups is 1. The van der Waals surface area contributed by atoms with E-state index in [2.05, 4.69) is 0 Å². The van der Waals surface area contributed by atoms with Crippen molar-refractivity contribution in [1.29, 1.82) is 0 Å². The minimum Gasteiger partial charge on any atom is -0.493 e. The molecule has 150 valence electrons. The van der Waals surface area contributed by atoms with Crippen LogP contribution in [0.5, 0.6) is 11.5 Å². The van der Waals surface area contributed by atoms with E-state index in [9.17, 15) is 4.79 Å². The molecular weight excluding hydrogens is 362 g/mol. The highest BCUT2D eigenvalue weighted by Gasteiger charge is 2.13. The highest BCUT2D eigenvalue weighted by molar-refractivity contribution is 5.77. The highest BCUT2D eigenvalue weighted by Crippen LogP contribution is 2.14. The van der Waals surface area contributed by atoms with Crippen LogP contribution in [0.2, 0.25) is 0 Å². The van der Waals surface area contributed by atoms with E-state index >= 15 is 0 Å². The summed E-state index contributed by atoms with van der Waals surface area (Å²) in [6, 6.07) is 27.6. The average Bonchev–Trinajstić information content (AvgIpc) is 2.78. The first kappa shape index (κ1) is 20.5. The van der Waals surface area contributed by atoms with Gasteiger partial charge in [-0.1, -0.05) is 60.7 Å². The zero-order chi connectivity index (χ0) is 20.3. The molecule has 0 fully saturated rings. The first-order chi connectivity index (χ1) is 14.2. The molecule has 1 amide bonds. The highest BCUT2D eigenvalue weighted by atomic mass is 16.5. The molecule has 0 aromatic heterocycles. The lowest BCUT2D eigenvalue weighted by molar-refractivity contribution is -0.133. The van der Waals surface area contributed by atoms with Crippen molar-refractivity contribution < 1.29 is 14.3 Å². The van der Waals surface area contributed by atoms with Gasteiger partial charge in [0.15, 0.2) is 6.61 Å². The van der Waals surface area contributed by atoms with Crippen molar-refractivity contribution in [1.82, 2.24) is 4.90 Å². The van der Waals surface area contributed by atoms with Gasteiger partial charge in [-0.05, 0) is 42.3 Å². The Labute approximate surface area is 172 Å². The topological polar surface area (TPSA) is 38.8 Å². The number of carbonyl (C=O) groups excluding carboxylic acids is 1. The molecule has 0 radical (unpaired) electrons. The largest absolute Gasteiger partial charge is 0.493 e. The Balaban J connectivity index is 1.43. The lowest BCUT2D eigenvalue weighted by Gasteiger charge is -2.21. The fourth-order valence-electron chi connectivity index (χ4n) is 2.97. The van der Waals surface area contributed by atoms with Crippen molar-refractivity contribution in [2.45, 2.75) is 19.9 Å². The molecule has 0 unspecified atom stereocenters. The van der Waals surface area contributed by atoms with Crippen molar-refractivity contribution >= 4 is 5.91 Å². The Bertz CT molecular complexity index is 864. The summed E-state index contributed by atoms with van der Waals surface area (Å²) >= 11 is 0. The number of rotatable bonds is 10. The average molecular weight is 389 g/mol. The predicted octanol–water partition coefficient (Wildman–Crippen LogP) is 4.74. The number of hydrogen-bond donors (Lipinski definition) is 0. The van der Waals surface area contributed by atoms with Crippen LogP contribution in [0.25, 0.3) is 0 Å². The molecule has 4 nitrogen and oxygen atoms in total. The smallest absolute Gasteiger partial charge is 0.260 e. The molecule has 0 heterocycles. The van der Waals surface area contributed by atoms with E-state index in [1.807, 2.05) is 91.9 Å². The van der Waals surface area contributed by atoms with Crippen LogP contribution in [0.3, 0.4) is 0 Å². The molecule has 0 bridgehead atoms. The van der Waals surface area contributed by atoms with Crippen LogP contribution >= 0.6 is 0 Å². The molecule has 0 N–H and O–H groups in total. The van der Waals surface area contributed by atoms with Crippen molar-refractivity contribution in [2.24, 2.45) is 0 Å². The van der Waals surface area contributed by atoms with Crippen LogP contribution in [0.1, 0.15) is 18.1 Å². The predicted molar refractivity (Wildman–Crippen MR) is 115 cm³/mol. The zero-order valence-corrected chi connectivity index (χ0v) is 16.8. The summed E-state index contributed by atoms with van der Waals surface area (Å²) in [5.41, 5.74) is 2.28. The number of ether oxygens (including phenoxy) is 2. The Kier molecular flexibility index (Phi) is 7.70. The van der Waals surface area contributed by atoms with Gasteiger partial charge in [-0.2, -0.15) is 0 Å². The number of amides is 1. The van der Waals surface area contributed by atoms with Gasteiger partial charge in [0.05, 0.1) is 6.61 Å². The monoisotopic (exact) mass is 389 g/mol. The van der Waals surface area contributed by atoms with Crippen molar-refractivity contribution in [2.75, 3.05) is 19.8 Å². The van der Waals surface area contributed by atoms with Crippen LogP contribution in [-0.2, 0) is 17.8 Å². The molecule has 0 aliphatic heterocycles. The SMILES string of the molecule is CCN(Cc1ccccc1)C(=O)COc1ccc(CCOc2ccccc2)cc1. The second-order valence-electron chi connectivity index (χ2n) is 6.74. The van der Waals surface area contributed by atoms with E-state index in [-0.39, 0.29) is 12.5 Å². The van der Waals surface area contributed by atoms with Crippen LogP contribution in [-0.4, -0.2) is 30.6 Å². The minimum absolute atomic E-state index is 0.0170. The second-order valence-corrected chi connectivity index (χ2v) is 6.74. The lowest BCUT2D eigenvalue weighted by Crippen LogP contribution is -2.34. The third-order valence-corrected chi connectivity index (χ3v) is 4.64. The molecular formula is C25H27NO3. The van der Waals surface area contributed by atoms with Gasteiger partial charge in [-0.25, -0.2) is 0 Å². The normalized spacial score (nSPS) is 10.4. The van der Waals surface area contributed by atoms with E-state index in [0.717, 1.165) is 17.7 Å². The number of hydrogen-bond acceptors (Lipinski definition) is 3. The number of para-hydroxylation sites is 1. The summed E-state index contributed by atoms with van der Waals surface area (Å²) in [6.45, 7) is 3.88. The molecule has 3 aromatic rings. The van der Waals surface area contributed by atoms with Gasteiger partial charge in [0.25, 0.3) is 5.91 Å². The molecule has 29 heavy (non-hydrogen) atoms.